The number of rotatable bonds is 6. The van der Waals surface area contributed by atoms with Crippen LogP contribution < -0.4 is 5.32 Å². The highest BCUT2D eigenvalue weighted by Crippen LogP contribution is 2.37. The number of alkyl halides is 3. The number of halogens is 3. The quantitative estimate of drug-likeness (QED) is 0.370. The molecule has 0 radical (unpaired) electrons. The van der Waals surface area contributed by atoms with Crippen molar-refractivity contribution in [3.05, 3.63) is 95.1 Å². The van der Waals surface area contributed by atoms with Gasteiger partial charge in [-0.1, -0.05) is 42.5 Å². The Morgan fingerprint density at radius 1 is 0.900 bits per heavy atom. The lowest BCUT2D eigenvalue weighted by molar-refractivity contribution is -0.0328. The van der Waals surface area contributed by atoms with Gasteiger partial charge >= 0.3 is 5.51 Å². The highest BCUT2D eigenvalue weighted by molar-refractivity contribution is 8.00. The van der Waals surface area contributed by atoms with Crippen molar-refractivity contribution in [2.45, 2.75) is 23.7 Å². The van der Waals surface area contributed by atoms with Gasteiger partial charge in [0.15, 0.2) is 5.78 Å². The van der Waals surface area contributed by atoms with E-state index in [0.717, 1.165) is 5.56 Å². The van der Waals surface area contributed by atoms with Crippen molar-refractivity contribution >= 4 is 29.1 Å². The number of ketones is 1. The molecule has 1 amide bonds. The van der Waals surface area contributed by atoms with Crippen LogP contribution >= 0.6 is 11.8 Å². The minimum atomic E-state index is -4.39. The zero-order valence-electron chi connectivity index (χ0n) is 16.0. The van der Waals surface area contributed by atoms with Crippen LogP contribution in [-0.2, 0) is 6.42 Å². The first-order chi connectivity index (χ1) is 14.2. The molecular formula is C23H18F3NO2S. The van der Waals surface area contributed by atoms with Crippen molar-refractivity contribution in [1.29, 1.82) is 0 Å². The lowest BCUT2D eigenvalue weighted by Crippen LogP contribution is -2.16. The Morgan fingerprint density at radius 3 is 2.27 bits per heavy atom. The zero-order valence-corrected chi connectivity index (χ0v) is 16.8. The van der Waals surface area contributed by atoms with Crippen LogP contribution in [0.3, 0.4) is 0 Å². The lowest BCUT2D eigenvalue weighted by Gasteiger charge is -2.12. The Morgan fingerprint density at radius 2 is 1.57 bits per heavy atom. The van der Waals surface area contributed by atoms with Crippen LogP contribution in [0.25, 0.3) is 0 Å². The second-order valence-electron chi connectivity index (χ2n) is 6.61. The fraction of sp³-hybridized carbons (Fsp3) is 0.130. The summed E-state index contributed by atoms with van der Waals surface area (Å²) in [6.45, 7) is 1.82. The second kappa shape index (κ2) is 9.17. The number of hydrogen-bond donors (Lipinski definition) is 1. The van der Waals surface area contributed by atoms with Crippen LogP contribution in [0.2, 0.25) is 0 Å². The van der Waals surface area contributed by atoms with Gasteiger partial charge in [0.2, 0.25) is 0 Å². The van der Waals surface area contributed by atoms with Crippen LogP contribution in [0, 0.1) is 6.92 Å². The molecule has 0 atom stereocenters. The molecule has 0 aliphatic rings. The van der Waals surface area contributed by atoms with Gasteiger partial charge in [-0.05, 0) is 60.1 Å². The maximum Gasteiger partial charge on any atom is 0.446 e. The lowest BCUT2D eigenvalue weighted by atomic mass is 10.0. The van der Waals surface area contributed by atoms with Gasteiger partial charge in [0.25, 0.3) is 5.91 Å². The summed E-state index contributed by atoms with van der Waals surface area (Å²) in [7, 11) is 0. The summed E-state index contributed by atoms with van der Waals surface area (Å²) in [6.07, 6.45) is -0.0799. The van der Waals surface area contributed by atoms with Gasteiger partial charge in [-0.2, -0.15) is 13.2 Å². The number of hydrogen-bond acceptors (Lipinski definition) is 3. The van der Waals surface area contributed by atoms with E-state index in [9.17, 15) is 22.8 Å². The Kier molecular flexibility index (Phi) is 6.62. The molecule has 0 unspecified atom stereocenters. The van der Waals surface area contributed by atoms with E-state index in [4.69, 9.17) is 0 Å². The molecule has 0 heterocycles. The number of para-hydroxylation sites is 1. The summed E-state index contributed by atoms with van der Waals surface area (Å²) < 4.78 is 37.8. The van der Waals surface area contributed by atoms with E-state index >= 15 is 0 Å². The third kappa shape index (κ3) is 5.73. The van der Waals surface area contributed by atoms with Gasteiger partial charge in [-0.3, -0.25) is 9.59 Å². The Labute approximate surface area is 176 Å². The van der Waals surface area contributed by atoms with Gasteiger partial charge in [-0.25, -0.2) is 0 Å². The van der Waals surface area contributed by atoms with E-state index in [0.29, 0.717) is 22.4 Å². The molecule has 30 heavy (non-hydrogen) atoms. The minimum absolute atomic E-state index is 0.0222. The van der Waals surface area contributed by atoms with Gasteiger partial charge in [0.05, 0.1) is 5.69 Å². The summed E-state index contributed by atoms with van der Waals surface area (Å²) in [5.41, 5.74) is -1.97. The molecule has 3 aromatic rings. The summed E-state index contributed by atoms with van der Waals surface area (Å²) in [6, 6.07) is 19.5. The number of thioether (sulfide) groups is 1. The molecule has 0 aliphatic carbocycles. The maximum absolute atomic E-state index is 12.8. The number of anilines is 1. The number of aryl methyl sites for hydroxylation is 1. The number of carbonyl (C=O) groups is 2. The molecule has 0 saturated heterocycles. The standard InChI is InChI=1S/C23H18F3NO2S/c1-15-7-2-3-10-18(15)22(29)27-20-12-5-4-11-19(20)21(28)14-16-8-6-9-17(13-16)30-23(24,25)26/h2-13H,14H2,1H3,(H,27,29). The van der Waals surface area contributed by atoms with Crippen LogP contribution in [0.5, 0.6) is 0 Å². The Hall–Kier alpha value is -3.06. The first-order valence-electron chi connectivity index (χ1n) is 9.07. The van der Waals surface area contributed by atoms with Gasteiger partial charge in [0.1, 0.15) is 0 Å². The number of carbonyl (C=O) groups excluding carboxylic acids is 2. The number of Topliss-reactive ketones (excluding diaryl/α,β-unsaturated/α-hetero) is 1. The zero-order chi connectivity index (χ0) is 21.7. The molecule has 154 valence electrons. The molecule has 0 bridgehead atoms. The first-order valence-corrected chi connectivity index (χ1v) is 9.88. The summed E-state index contributed by atoms with van der Waals surface area (Å²) in [5, 5.41) is 2.76. The number of amides is 1. The SMILES string of the molecule is Cc1ccccc1C(=O)Nc1ccccc1C(=O)Cc1cccc(SC(F)(F)F)c1. The fourth-order valence-electron chi connectivity index (χ4n) is 2.99. The van der Waals surface area contributed by atoms with Gasteiger partial charge < -0.3 is 5.32 Å². The molecule has 0 aromatic heterocycles. The largest absolute Gasteiger partial charge is 0.446 e. The van der Waals surface area contributed by atoms with Crippen LogP contribution in [0.15, 0.2) is 77.7 Å². The van der Waals surface area contributed by atoms with Crippen molar-refractivity contribution in [2.75, 3.05) is 5.32 Å². The minimum Gasteiger partial charge on any atom is -0.321 e. The van der Waals surface area contributed by atoms with Gasteiger partial charge in [0, 0.05) is 22.4 Å². The van der Waals surface area contributed by atoms with E-state index in [1.165, 1.54) is 18.2 Å². The predicted molar refractivity (Wildman–Crippen MR) is 112 cm³/mol. The third-order valence-corrected chi connectivity index (χ3v) is 5.08. The van der Waals surface area contributed by atoms with E-state index in [2.05, 4.69) is 5.32 Å². The highest BCUT2D eigenvalue weighted by atomic mass is 32.2. The molecule has 0 spiro atoms. The summed E-state index contributed by atoms with van der Waals surface area (Å²) >= 11 is -0.220. The molecule has 3 nitrogen and oxygen atoms in total. The summed E-state index contributed by atoms with van der Waals surface area (Å²) in [4.78, 5) is 25.5. The molecule has 7 heteroatoms. The number of benzene rings is 3. The highest BCUT2D eigenvalue weighted by Gasteiger charge is 2.29. The van der Waals surface area contributed by atoms with Crippen LogP contribution in [0.4, 0.5) is 18.9 Å². The van der Waals surface area contributed by atoms with E-state index < -0.39 is 5.51 Å². The average Bonchev–Trinajstić information content (AvgIpc) is 2.67. The number of nitrogens with one attached hydrogen (secondary N) is 1. The van der Waals surface area contributed by atoms with E-state index in [1.54, 1.807) is 42.5 Å². The van der Waals surface area contributed by atoms with E-state index in [1.807, 2.05) is 19.1 Å². The Bertz CT molecular complexity index is 1080. The predicted octanol–water partition coefficient (Wildman–Crippen LogP) is 6.28. The molecule has 0 fully saturated rings. The molecule has 1 N–H and O–H groups in total. The monoisotopic (exact) mass is 429 g/mol. The molecule has 3 aromatic carbocycles. The normalized spacial score (nSPS) is 11.2. The van der Waals surface area contributed by atoms with Crippen molar-refractivity contribution < 1.29 is 22.8 Å². The van der Waals surface area contributed by atoms with Gasteiger partial charge in [-0.15, -0.1) is 0 Å². The third-order valence-electron chi connectivity index (χ3n) is 4.36. The van der Waals surface area contributed by atoms with E-state index in [-0.39, 0.29) is 34.8 Å². The fourth-order valence-corrected chi connectivity index (χ4v) is 3.61. The molecular weight excluding hydrogens is 411 g/mol. The smallest absolute Gasteiger partial charge is 0.321 e. The molecule has 0 saturated carbocycles. The van der Waals surface area contributed by atoms with Crippen LogP contribution in [-0.4, -0.2) is 17.2 Å². The molecule has 3 rings (SSSR count). The van der Waals surface area contributed by atoms with Crippen molar-refractivity contribution in [3.8, 4) is 0 Å². The second-order valence-corrected chi connectivity index (χ2v) is 7.75. The average molecular weight is 429 g/mol. The van der Waals surface area contributed by atoms with Crippen molar-refractivity contribution in [2.24, 2.45) is 0 Å². The Balaban J connectivity index is 1.79. The summed E-state index contributed by atoms with van der Waals surface area (Å²) in [5.74, 6) is -0.637. The first kappa shape index (κ1) is 21.6. The van der Waals surface area contributed by atoms with Crippen molar-refractivity contribution in [3.63, 3.8) is 0 Å². The maximum atomic E-state index is 12.8. The topological polar surface area (TPSA) is 46.2 Å². The molecule has 0 aliphatic heterocycles. The van der Waals surface area contributed by atoms with Crippen molar-refractivity contribution in [1.82, 2.24) is 0 Å². The van der Waals surface area contributed by atoms with Crippen LogP contribution in [0.1, 0.15) is 31.8 Å².